The lowest BCUT2D eigenvalue weighted by Crippen LogP contribution is -2.49. The van der Waals surface area contributed by atoms with Crippen LogP contribution in [0, 0.1) is 5.92 Å². The van der Waals surface area contributed by atoms with Gasteiger partial charge in [0.25, 0.3) is 0 Å². The van der Waals surface area contributed by atoms with Crippen molar-refractivity contribution in [2.75, 3.05) is 13.1 Å². The average molecular weight is 526 g/mol. The topological polar surface area (TPSA) is 82.5 Å². The summed E-state index contributed by atoms with van der Waals surface area (Å²) in [5, 5.41) is 15.1. The summed E-state index contributed by atoms with van der Waals surface area (Å²) < 4.78 is 38.7. The number of piperidine rings is 2. The molecule has 6 nitrogen and oxygen atoms in total. The number of rotatable bonds is 5. The van der Waals surface area contributed by atoms with Crippen LogP contribution in [0.25, 0.3) is 10.9 Å². The molecule has 0 bridgehead atoms. The number of benzene rings is 2. The summed E-state index contributed by atoms with van der Waals surface area (Å²) in [6.45, 7) is 3.75. The number of nitrogens with zero attached hydrogens (tertiary/aromatic N) is 2. The van der Waals surface area contributed by atoms with Gasteiger partial charge in [0.1, 0.15) is 0 Å². The van der Waals surface area contributed by atoms with E-state index in [2.05, 4.69) is 15.2 Å². The van der Waals surface area contributed by atoms with Gasteiger partial charge in [-0.1, -0.05) is 25.1 Å². The lowest BCUT2D eigenvalue weighted by atomic mass is 9.74. The molecule has 200 valence electrons. The quantitative estimate of drug-likeness (QED) is 0.464. The van der Waals surface area contributed by atoms with Crippen molar-refractivity contribution >= 4 is 22.7 Å². The Morgan fingerprint density at radius 2 is 1.89 bits per heavy atom. The number of likely N-dealkylation sites (tertiary alicyclic amines) is 1. The molecule has 2 saturated heterocycles. The monoisotopic (exact) mass is 525 g/mol. The zero-order chi connectivity index (χ0) is 27.1. The lowest BCUT2D eigenvalue weighted by molar-refractivity contribution is -0.138. The van der Waals surface area contributed by atoms with Crippen LogP contribution >= 0.6 is 0 Å². The van der Waals surface area contributed by atoms with Crippen molar-refractivity contribution in [3.05, 3.63) is 77.0 Å². The molecule has 2 fully saturated rings. The largest absolute Gasteiger partial charge is 0.416 e. The van der Waals surface area contributed by atoms with Crippen LogP contribution in [0.15, 0.2) is 54.7 Å². The molecule has 1 aromatic heterocycles. The van der Waals surface area contributed by atoms with Gasteiger partial charge in [0.2, 0.25) is 11.8 Å². The number of halogens is 3. The van der Waals surface area contributed by atoms with E-state index >= 15 is 0 Å². The van der Waals surface area contributed by atoms with Gasteiger partial charge in [-0.25, -0.2) is 0 Å². The predicted molar refractivity (Wildman–Crippen MR) is 136 cm³/mol. The van der Waals surface area contributed by atoms with Gasteiger partial charge < -0.3 is 5.11 Å². The van der Waals surface area contributed by atoms with Crippen LogP contribution in [0.5, 0.6) is 0 Å². The van der Waals surface area contributed by atoms with Crippen molar-refractivity contribution in [1.29, 1.82) is 0 Å². The summed E-state index contributed by atoms with van der Waals surface area (Å²) >= 11 is 0. The number of pyridine rings is 1. The van der Waals surface area contributed by atoms with E-state index in [1.807, 2.05) is 31.2 Å². The summed E-state index contributed by atoms with van der Waals surface area (Å²) in [5.74, 6) is -1.09. The number of carbonyl (C=O) groups excluding carboxylic acids is 2. The van der Waals surface area contributed by atoms with Crippen LogP contribution in [-0.4, -0.2) is 39.9 Å². The molecule has 2 aliphatic heterocycles. The summed E-state index contributed by atoms with van der Waals surface area (Å²) in [5.41, 5.74) is 1.35. The maximum atomic E-state index is 12.9. The Hall–Kier alpha value is -3.30. The van der Waals surface area contributed by atoms with Crippen LogP contribution < -0.4 is 5.32 Å². The highest BCUT2D eigenvalue weighted by molar-refractivity contribution is 6.01. The third kappa shape index (κ3) is 5.17. The van der Waals surface area contributed by atoms with Gasteiger partial charge in [0.15, 0.2) is 0 Å². The molecule has 38 heavy (non-hydrogen) atoms. The molecule has 3 heterocycles. The van der Waals surface area contributed by atoms with Crippen molar-refractivity contribution in [2.45, 2.75) is 56.8 Å². The number of fused-ring (bicyclic) bond motifs is 1. The first-order valence-corrected chi connectivity index (χ1v) is 12.9. The Labute approximate surface area is 218 Å². The first-order valence-electron chi connectivity index (χ1n) is 12.9. The van der Waals surface area contributed by atoms with E-state index < -0.39 is 23.3 Å². The van der Waals surface area contributed by atoms with E-state index in [4.69, 9.17) is 0 Å². The molecule has 3 atom stereocenters. The van der Waals surface area contributed by atoms with Gasteiger partial charge in [-0.15, -0.1) is 0 Å². The van der Waals surface area contributed by atoms with E-state index in [1.165, 1.54) is 12.1 Å². The predicted octanol–water partition coefficient (Wildman–Crippen LogP) is 4.89. The number of carbonyl (C=O) groups is 2. The van der Waals surface area contributed by atoms with Crippen LogP contribution in [0.1, 0.15) is 60.8 Å². The number of hydrogen-bond donors (Lipinski definition) is 2. The summed E-state index contributed by atoms with van der Waals surface area (Å²) in [4.78, 5) is 30.6. The van der Waals surface area contributed by atoms with E-state index in [0.29, 0.717) is 32.5 Å². The van der Waals surface area contributed by atoms with Crippen molar-refractivity contribution in [1.82, 2.24) is 15.2 Å². The molecule has 5 rings (SSSR count). The van der Waals surface area contributed by atoms with Gasteiger partial charge >= 0.3 is 6.18 Å². The minimum Gasteiger partial charge on any atom is -0.385 e. The smallest absolute Gasteiger partial charge is 0.385 e. The Balaban J connectivity index is 1.34. The minimum absolute atomic E-state index is 0.0746. The van der Waals surface area contributed by atoms with Gasteiger partial charge in [-0.05, 0) is 66.3 Å². The van der Waals surface area contributed by atoms with Crippen LogP contribution in [0.2, 0.25) is 0 Å². The molecule has 2 aliphatic rings. The summed E-state index contributed by atoms with van der Waals surface area (Å²) in [7, 11) is 0. The van der Waals surface area contributed by atoms with E-state index in [9.17, 15) is 27.9 Å². The number of amides is 2. The fourth-order valence-electron chi connectivity index (χ4n) is 5.75. The number of nitrogens with one attached hydrogen (secondary N) is 1. The van der Waals surface area contributed by atoms with Crippen molar-refractivity contribution < 1.29 is 27.9 Å². The molecule has 0 saturated carbocycles. The zero-order valence-electron chi connectivity index (χ0n) is 21.1. The number of imide groups is 1. The Morgan fingerprint density at radius 1 is 1.13 bits per heavy atom. The molecule has 2 aromatic carbocycles. The standard InChI is InChI=1S/C29H30F3N3O3/c1-2-21-17-35(16-18-3-5-22(6-4-18)29(30,31)32)12-11-28(21,38)23-7-9-25-19(14-23)13-20(15-33-25)24-8-10-26(36)34-27(24)37/h3-7,9,13-15,21,24,38H,2,8,10-12,16-17H2,1H3,(H,34,36,37)/t21-,24?,28-/m0/s1. The fraction of sp³-hybridized carbons (Fsp3) is 0.414. The third-order valence-corrected chi connectivity index (χ3v) is 7.99. The zero-order valence-corrected chi connectivity index (χ0v) is 21.1. The first kappa shape index (κ1) is 26.3. The lowest BCUT2D eigenvalue weighted by Gasteiger charge is -2.45. The first-order chi connectivity index (χ1) is 18.1. The Kier molecular flexibility index (Phi) is 7.00. The number of aromatic nitrogens is 1. The summed E-state index contributed by atoms with van der Waals surface area (Å²) in [6.07, 6.45) is -0.745. The maximum absolute atomic E-state index is 12.9. The van der Waals surface area contributed by atoms with Crippen LogP contribution in [0.4, 0.5) is 13.2 Å². The van der Waals surface area contributed by atoms with Gasteiger partial charge in [-0.2, -0.15) is 13.2 Å². The molecule has 0 aliphatic carbocycles. The van der Waals surface area contributed by atoms with Crippen LogP contribution in [0.3, 0.4) is 0 Å². The molecule has 3 aromatic rings. The molecule has 9 heteroatoms. The number of hydrogen-bond acceptors (Lipinski definition) is 5. The number of alkyl halides is 3. The average Bonchev–Trinajstić information content (AvgIpc) is 2.89. The molecular weight excluding hydrogens is 495 g/mol. The minimum atomic E-state index is -4.36. The third-order valence-electron chi connectivity index (χ3n) is 7.99. The fourth-order valence-corrected chi connectivity index (χ4v) is 5.75. The van der Waals surface area contributed by atoms with Crippen molar-refractivity contribution in [3.63, 3.8) is 0 Å². The molecule has 0 radical (unpaired) electrons. The highest BCUT2D eigenvalue weighted by Gasteiger charge is 2.42. The maximum Gasteiger partial charge on any atom is 0.416 e. The number of aliphatic hydroxyl groups is 1. The second kappa shape index (κ2) is 10.1. The van der Waals surface area contributed by atoms with E-state index in [0.717, 1.165) is 46.1 Å². The molecular formula is C29H30F3N3O3. The highest BCUT2D eigenvalue weighted by Crippen LogP contribution is 2.41. The second-order valence-electron chi connectivity index (χ2n) is 10.4. The second-order valence-corrected chi connectivity index (χ2v) is 10.4. The Bertz CT molecular complexity index is 1360. The Morgan fingerprint density at radius 3 is 2.58 bits per heavy atom. The molecule has 0 spiro atoms. The summed E-state index contributed by atoms with van der Waals surface area (Å²) in [6, 6.07) is 12.9. The van der Waals surface area contributed by atoms with Crippen molar-refractivity contribution in [3.8, 4) is 0 Å². The van der Waals surface area contributed by atoms with Crippen LogP contribution in [-0.2, 0) is 27.9 Å². The van der Waals surface area contributed by atoms with Gasteiger partial charge in [0, 0.05) is 43.6 Å². The SMILES string of the molecule is CC[C@H]1CN(Cc2ccc(C(F)(F)F)cc2)CC[C@@]1(O)c1ccc2ncc(C3CCC(=O)NC3=O)cc2c1. The van der Waals surface area contributed by atoms with Gasteiger partial charge in [0.05, 0.1) is 22.6 Å². The van der Waals surface area contributed by atoms with Gasteiger partial charge in [-0.3, -0.25) is 24.8 Å². The normalized spacial score (nSPS) is 25.0. The van der Waals surface area contributed by atoms with E-state index in [-0.39, 0.29) is 24.2 Å². The molecule has 2 N–H and O–H groups in total. The van der Waals surface area contributed by atoms with Crippen molar-refractivity contribution in [2.24, 2.45) is 5.92 Å². The highest BCUT2D eigenvalue weighted by atomic mass is 19.4. The van der Waals surface area contributed by atoms with E-state index in [1.54, 1.807) is 6.20 Å². The molecule has 2 amide bonds. The molecule has 1 unspecified atom stereocenters.